The number of carboxylic acids is 1. The van der Waals surface area contributed by atoms with Gasteiger partial charge in [-0.15, -0.1) is 11.7 Å². The lowest BCUT2D eigenvalue weighted by Gasteiger charge is -2.11. The SMILES string of the molecule is C=CCCOc1cc(-n2nc(CC)n(C)c2=O)c(F)cc1C(=O)O. The second-order valence-electron chi connectivity index (χ2n) is 5.05. The maximum atomic E-state index is 14.3. The highest BCUT2D eigenvalue weighted by atomic mass is 19.1. The van der Waals surface area contributed by atoms with E-state index in [1.165, 1.54) is 17.7 Å². The van der Waals surface area contributed by atoms with Crippen molar-refractivity contribution < 1.29 is 19.0 Å². The quantitative estimate of drug-likeness (QED) is 0.617. The summed E-state index contributed by atoms with van der Waals surface area (Å²) in [6, 6.07) is 2.00. The van der Waals surface area contributed by atoms with Gasteiger partial charge >= 0.3 is 11.7 Å². The number of aryl methyl sites for hydroxylation is 1. The van der Waals surface area contributed by atoms with Gasteiger partial charge in [0.25, 0.3) is 0 Å². The summed E-state index contributed by atoms with van der Waals surface area (Å²) in [6.07, 6.45) is 2.60. The van der Waals surface area contributed by atoms with Gasteiger partial charge < -0.3 is 9.84 Å². The highest BCUT2D eigenvalue weighted by molar-refractivity contribution is 5.91. The molecular weight excluding hydrogens is 317 g/mol. The third kappa shape index (κ3) is 3.22. The van der Waals surface area contributed by atoms with E-state index in [-0.39, 0.29) is 23.6 Å². The molecule has 0 atom stereocenters. The van der Waals surface area contributed by atoms with E-state index in [1.807, 2.05) is 6.92 Å². The number of nitrogens with zero attached hydrogens (tertiary/aromatic N) is 3. The first kappa shape index (κ1) is 17.5. The third-order valence-corrected chi connectivity index (χ3v) is 3.47. The van der Waals surface area contributed by atoms with Crippen LogP contribution in [-0.2, 0) is 13.5 Å². The summed E-state index contributed by atoms with van der Waals surface area (Å²) in [7, 11) is 1.54. The van der Waals surface area contributed by atoms with Gasteiger partial charge in [0.1, 0.15) is 28.6 Å². The van der Waals surface area contributed by atoms with Gasteiger partial charge in [-0.1, -0.05) is 13.0 Å². The Labute approximate surface area is 137 Å². The number of aromatic carboxylic acids is 1. The Balaban J connectivity index is 2.58. The van der Waals surface area contributed by atoms with E-state index in [0.717, 1.165) is 10.7 Å². The lowest BCUT2D eigenvalue weighted by atomic mass is 10.1. The predicted octanol–water partition coefficient (Wildman–Crippen LogP) is 1.93. The van der Waals surface area contributed by atoms with Crippen molar-refractivity contribution >= 4 is 5.97 Å². The normalized spacial score (nSPS) is 10.6. The first-order valence-corrected chi connectivity index (χ1v) is 7.36. The lowest BCUT2D eigenvalue weighted by Crippen LogP contribution is -2.23. The Bertz CT molecular complexity index is 839. The van der Waals surface area contributed by atoms with Gasteiger partial charge in [0.05, 0.1) is 6.61 Å². The molecule has 0 bridgehead atoms. The number of rotatable bonds is 7. The van der Waals surface area contributed by atoms with Gasteiger partial charge in [-0.3, -0.25) is 4.57 Å². The van der Waals surface area contributed by atoms with Crippen molar-refractivity contribution in [2.45, 2.75) is 19.8 Å². The second-order valence-corrected chi connectivity index (χ2v) is 5.05. The molecule has 0 unspecified atom stereocenters. The molecule has 8 heteroatoms. The third-order valence-electron chi connectivity index (χ3n) is 3.47. The number of benzene rings is 1. The molecule has 0 aliphatic carbocycles. The molecule has 2 rings (SSSR count). The molecule has 1 aromatic heterocycles. The van der Waals surface area contributed by atoms with Crippen molar-refractivity contribution in [2.24, 2.45) is 7.05 Å². The highest BCUT2D eigenvalue weighted by Crippen LogP contribution is 2.25. The molecule has 1 heterocycles. The summed E-state index contributed by atoms with van der Waals surface area (Å²) in [4.78, 5) is 23.5. The van der Waals surface area contributed by atoms with Crippen LogP contribution in [0, 0.1) is 5.82 Å². The average molecular weight is 335 g/mol. The number of hydrogen-bond donors (Lipinski definition) is 1. The van der Waals surface area contributed by atoms with Gasteiger partial charge in [0.15, 0.2) is 0 Å². The minimum absolute atomic E-state index is 0.0312. The molecule has 7 nitrogen and oxygen atoms in total. The number of hydrogen-bond acceptors (Lipinski definition) is 4. The Hall–Kier alpha value is -2.90. The molecule has 0 aliphatic heterocycles. The van der Waals surface area contributed by atoms with Crippen LogP contribution < -0.4 is 10.4 Å². The van der Waals surface area contributed by atoms with E-state index in [1.54, 1.807) is 6.08 Å². The molecule has 0 aliphatic rings. The van der Waals surface area contributed by atoms with E-state index in [2.05, 4.69) is 11.7 Å². The molecule has 1 aromatic carbocycles. The zero-order chi connectivity index (χ0) is 17.9. The Morgan fingerprint density at radius 1 is 1.50 bits per heavy atom. The fourth-order valence-corrected chi connectivity index (χ4v) is 2.19. The maximum absolute atomic E-state index is 14.3. The molecule has 1 N–H and O–H groups in total. The van der Waals surface area contributed by atoms with Gasteiger partial charge in [0.2, 0.25) is 0 Å². The number of aromatic nitrogens is 3. The second kappa shape index (κ2) is 7.12. The van der Waals surface area contributed by atoms with Gasteiger partial charge in [-0.05, 0) is 12.5 Å². The molecule has 0 amide bonds. The van der Waals surface area contributed by atoms with Crippen LogP contribution in [0.3, 0.4) is 0 Å². The highest BCUT2D eigenvalue weighted by Gasteiger charge is 2.20. The fourth-order valence-electron chi connectivity index (χ4n) is 2.19. The lowest BCUT2D eigenvalue weighted by molar-refractivity contribution is 0.0691. The van der Waals surface area contributed by atoms with Crippen molar-refractivity contribution in [1.82, 2.24) is 14.3 Å². The maximum Gasteiger partial charge on any atom is 0.350 e. The smallest absolute Gasteiger partial charge is 0.350 e. The number of carbonyl (C=O) groups is 1. The van der Waals surface area contributed by atoms with Crippen LogP contribution in [0.15, 0.2) is 29.6 Å². The van der Waals surface area contributed by atoms with E-state index in [4.69, 9.17) is 4.74 Å². The van der Waals surface area contributed by atoms with Crippen molar-refractivity contribution in [3.05, 3.63) is 52.5 Å². The Morgan fingerprint density at radius 2 is 2.21 bits per heavy atom. The van der Waals surface area contributed by atoms with Crippen LogP contribution in [0.5, 0.6) is 5.75 Å². The van der Waals surface area contributed by atoms with Gasteiger partial charge in [0, 0.05) is 19.5 Å². The van der Waals surface area contributed by atoms with E-state index in [0.29, 0.717) is 18.7 Å². The summed E-state index contributed by atoms with van der Waals surface area (Å²) in [6.45, 7) is 5.55. The molecule has 128 valence electrons. The zero-order valence-electron chi connectivity index (χ0n) is 13.5. The molecule has 0 saturated heterocycles. The van der Waals surface area contributed by atoms with Crippen LogP contribution in [0.1, 0.15) is 29.5 Å². The van der Waals surface area contributed by atoms with E-state index in [9.17, 15) is 19.1 Å². The van der Waals surface area contributed by atoms with Crippen LogP contribution >= 0.6 is 0 Å². The average Bonchev–Trinajstić information content (AvgIpc) is 2.83. The summed E-state index contributed by atoms with van der Waals surface area (Å²) < 4.78 is 21.9. The Kier molecular flexibility index (Phi) is 5.18. The van der Waals surface area contributed by atoms with E-state index < -0.39 is 17.5 Å². The van der Waals surface area contributed by atoms with Crippen LogP contribution in [0.4, 0.5) is 4.39 Å². The summed E-state index contributed by atoms with van der Waals surface area (Å²) in [5, 5.41) is 13.3. The topological polar surface area (TPSA) is 86.4 Å². The number of ether oxygens (including phenoxy) is 1. The number of halogens is 1. The monoisotopic (exact) mass is 335 g/mol. The molecular formula is C16H18FN3O4. The van der Waals surface area contributed by atoms with Crippen LogP contribution in [0.25, 0.3) is 5.69 Å². The zero-order valence-corrected chi connectivity index (χ0v) is 13.5. The molecule has 24 heavy (non-hydrogen) atoms. The van der Waals surface area contributed by atoms with Crippen LogP contribution in [-0.4, -0.2) is 32.0 Å². The molecule has 0 fully saturated rings. The first-order valence-electron chi connectivity index (χ1n) is 7.36. The molecule has 0 spiro atoms. The number of carboxylic acid groups (broad SMARTS) is 1. The van der Waals surface area contributed by atoms with Crippen molar-refractivity contribution in [3.8, 4) is 11.4 Å². The Morgan fingerprint density at radius 3 is 2.75 bits per heavy atom. The molecule has 0 radical (unpaired) electrons. The predicted molar refractivity (Wildman–Crippen MR) is 85.4 cm³/mol. The van der Waals surface area contributed by atoms with Crippen molar-refractivity contribution in [3.63, 3.8) is 0 Å². The minimum Gasteiger partial charge on any atom is -0.492 e. The largest absolute Gasteiger partial charge is 0.492 e. The van der Waals surface area contributed by atoms with Crippen LogP contribution in [0.2, 0.25) is 0 Å². The van der Waals surface area contributed by atoms with Crippen molar-refractivity contribution in [1.29, 1.82) is 0 Å². The molecule has 0 saturated carbocycles. The summed E-state index contributed by atoms with van der Waals surface area (Å²) >= 11 is 0. The van der Waals surface area contributed by atoms with E-state index >= 15 is 0 Å². The standard InChI is InChI=1S/C16H18FN3O4/c1-4-6-7-24-13-9-12(11(17)8-10(13)15(21)22)20-16(23)19(3)14(5-2)18-20/h4,8-9H,1,5-7H2,2-3H3,(H,21,22). The van der Waals surface area contributed by atoms with Gasteiger partial charge in [-0.2, -0.15) is 4.68 Å². The molecule has 2 aromatic rings. The first-order chi connectivity index (χ1) is 11.4. The van der Waals surface area contributed by atoms with Crippen molar-refractivity contribution in [2.75, 3.05) is 6.61 Å². The summed E-state index contributed by atoms with van der Waals surface area (Å²) in [5.41, 5.74) is -1.00. The fraction of sp³-hybridized carbons (Fsp3) is 0.312. The minimum atomic E-state index is -1.32. The summed E-state index contributed by atoms with van der Waals surface area (Å²) in [5.74, 6) is -1.74. The van der Waals surface area contributed by atoms with Gasteiger partial charge in [-0.25, -0.2) is 14.0 Å².